The molecule has 20 heavy (non-hydrogen) atoms. The summed E-state index contributed by atoms with van der Waals surface area (Å²) in [5.41, 5.74) is 2.24. The van der Waals surface area contributed by atoms with Crippen molar-refractivity contribution < 1.29 is 14.6 Å². The molecule has 3 rings (SSSR count). The molecule has 0 bridgehead atoms. The summed E-state index contributed by atoms with van der Waals surface area (Å²) in [6.07, 6.45) is 4.69. The molecular weight excluding hydrogens is 254 g/mol. The Bertz CT molecular complexity index is 633. The molecule has 0 aliphatic carbocycles. The quantitative estimate of drug-likeness (QED) is 0.932. The first kappa shape index (κ1) is 13.1. The van der Waals surface area contributed by atoms with E-state index in [1.165, 1.54) is 5.56 Å². The molecule has 1 fully saturated rings. The first-order chi connectivity index (χ1) is 9.74. The predicted octanol–water partition coefficient (Wildman–Crippen LogP) is 2.90. The molecule has 0 spiro atoms. The van der Waals surface area contributed by atoms with Crippen LogP contribution in [0.3, 0.4) is 0 Å². The second-order valence-corrected chi connectivity index (χ2v) is 5.28. The van der Waals surface area contributed by atoms with Gasteiger partial charge in [0.25, 0.3) is 0 Å². The average Bonchev–Trinajstić information content (AvgIpc) is 2.47. The number of aromatic nitrogens is 1. The van der Waals surface area contributed by atoms with Crippen molar-refractivity contribution in [3.63, 3.8) is 0 Å². The zero-order valence-corrected chi connectivity index (χ0v) is 11.2. The second-order valence-electron chi connectivity index (χ2n) is 5.28. The van der Waals surface area contributed by atoms with E-state index < -0.39 is 5.97 Å². The molecule has 2 aromatic rings. The number of carboxylic acids is 1. The maximum atomic E-state index is 11.3. The summed E-state index contributed by atoms with van der Waals surface area (Å²) in [5, 5.41) is 9.98. The van der Waals surface area contributed by atoms with Crippen LogP contribution >= 0.6 is 0 Å². The lowest BCUT2D eigenvalue weighted by Gasteiger charge is -2.22. The van der Waals surface area contributed by atoms with Gasteiger partial charge in [-0.15, -0.1) is 0 Å². The molecule has 2 heterocycles. The van der Waals surface area contributed by atoms with Crippen LogP contribution in [0.4, 0.5) is 0 Å². The summed E-state index contributed by atoms with van der Waals surface area (Å²) >= 11 is 0. The number of fused-ring (bicyclic) bond motifs is 1. The minimum atomic E-state index is -0.902. The molecule has 1 N–H and O–H groups in total. The number of carboxylic acid groups (broad SMARTS) is 1. The van der Waals surface area contributed by atoms with Crippen LogP contribution in [0, 0.1) is 5.92 Å². The highest BCUT2D eigenvalue weighted by atomic mass is 16.5. The van der Waals surface area contributed by atoms with E-state index in [4.69, 9.17) is 4.74 Å². The predicted molar refractivity (Wildman–Crippen MR) is 75.9 cm³/mol. The highest BCUT2D eigenvalue weighted by molar-refractivity contribution is 6.02. The Labute approximate surface area is 117 Å². The number of nitrogens with zero attached hydrogens (tertiary/aromatic N) is 1. The van der Waals surface area contributed by atoms with Gasteiger partial charge in [0.15, 0.2) is 0 Å². The Hall–Kier alpha value is -1.94. The molecule has 0 amide bonds. The molecule has 0 unspecified atom stereocenters. The molecule has 0 atom stereocenters. The van der Waals surface area contributed by atoms with Crippen molar-refractivity contribution in [2.24, 2.45) is 5.92 Å². The lowest BCUT2D eigenvalue weighted by Crippen LogP contribution is -2.17. The number of hydrogen-bond donors (Lipinski definition) is 1. The molecule has 1 aliphatic rings. The van der Waals surface area contributed by atoms with Crippen molar-refractivity contribution in [3.05, 3.63) is 41.6 Å². The summed E-state index contributed by atoms with van der Waals surface area (Å²) in [5.74, 6) is -0.272. The van der Waals surface area contributed by atoms with Crippen LogP contribution < -0.4 is 0 Å². The molecule has 1 aromatic carbocycles. The standard InChI is InChI=1S/C16H17NO3/c18-16(19)13-3-6-17-15-2-1-12(10-14(13)15)9-11-4-7-20-8-5-11/h1-3,6,10-11H,4-5,7-9H2,(H,18,19). The van der Waals surface area contributed by atoms with Gasteiger partial charge in [-0.05, 0) is 48.9 Å². The van der Waals surface area contributed by atoms with Gasteiger partial charge < -0.3 is 9.84 Å². The Morgan fingerprint density at radius 2 is 2.10 bits per heavy atom. The second kappa shape index (κ2) is 5.59. The van der Waals surface area contributed by atoms with E-state index in [-0.39, 0.29) is 0 Å². The van der Waals surface area contributed by atoms with Crippen LogP contribution in [0.1, 0.15) is 28.8 Å². The topological polar surface area (TPSA) is 59.4 Å². The fraction of sp³-hybridized carbons (Fsp3) is 0.375. The van der Waals surface area contributed by atoms with Gasteiger partial charge in [-0.25, -0.2) is 4.79 Å². The van der Waals surface area contributed by atoms with Crippen molar-refractivity contribution in [1.29, 1.82) is 0 Å². The minimum absolute atomic E-state index is 0.323. The molecular formula is C16H17NO3. The molecule has 4 nitrogen and oxygen atoms in total. The highest BCUT2D eigenvalue weighted by Gasteiger charge is 2.15. The van der Waals surface area contributed by atoms with Crippen molar-refractivity contribution in [1.82, 2.24) is 4.98 Å². The maximum Gasteiger partial charge on any atom is 0.336 e. The molecule has 1 saturated heterocycles. The van der Waals surface area contributed by atoms with E-state index in [0.29, 0.717) is 11.5 Å². The summed E-state index contributed by atoms with van der Waals surface area (Å²) in [6, 6.07) is 7.50. The minimum Gasteiger partial charge on any atom is -0.478 e. The molecule has 0 radical (unpaired) electrons. The van der Waals surface area contributed by atoms with Crippen molar-refractivity contribution in [2.75, 3.05) is 13.2 Å². The highest BCUT2D eigenvalue weighted by Crippen LogP contribution is 2.24. The number of benzene rings is 1. The Morgan fingerprint density at radius 3 is 2.85 bits per heavy atom. The third kappa shape index (κ3) is 2.65. The van der Waals surface area contributed by atoms with Crippen LogP contribution in [0.25, 0.3) is 10.9 Å². The van der Waals surface area contributed by atoms with Crippen molar-refractivity contribution >= 4 is 16.9 Å². The van der Waals surface area contributed by atoms with Crippen LogP contribution in [-0.4, -0.2) is 29.3 Å². The van der Waals surface area contributed by atoms with Gasteiger partial charge in [0.2, 0.25) is 0 Å². The van der Waals surface area contributed by atoms with E-state index in [1.807, 2.05) is 12.1 Å². The Balaban J connectivity index is 1.92. The summed E-state index contributed by atoms with van der Waals surface area (Å²) < 4.78 is 5.37. The fourth-order valence-electron chi connectivity index (χ4n) is 2.79. The lowest BCUT2D eigenvalue weighted by molar-refractivity contribution is 0.0665. The van der Waals surface area contributed by atoms with E-state index in [1.54, 1.807) is 12.3 Å². The maximum absolute atomic E-state index is 11.3. The summed E-state index contributed by atoms with van der Waals surface area (Å²) in [6.45, 7) is 1.67. The van der Waals surface area contributed by atoms with Crippen LogP contribution in [0.2, 0.25) is 0 Å². The number of aromatic carboxylic acids is 1. The third-order valence-corrected chi connectivity index (χ3v) is 3.90. The van der Waals surface area contributed by atoms with E-state index in [9.17, 15) is 9.90 Å². The Morgan fingerprint density at radius 1 is 1.30 bits per heavy atom. The lowest BCUT2D eigenvalue weighted by atomic mass is 9.91. The van der Waals surface area contributed by atoms with Gasteiger partial charge in [0.05, 0.1) is 11.1 Å². The first-order valence-corrected chi connectivity index (χ1v) is 6.93. The van der Waals surface area contributed by atoms with Gasteiger partial charge in [-0.1, -0.05) is 6.07 Å². The first-order valence-electron chi connectivity index (χ1n) is 6.93. The summed E-state index contributed by atoms with van der Waals surface area (Å²) in [7, 11) is 0. The molecule has 104 valence electrons. The normalized spacial score (nSPS) is 16.4. The zero-order chi connectivity index (χ0) is 13.9. The molecule has 1 aromatic heterocycles. The number of pyridine rings is 1. The average molecular weight is 271 g/mol. The van der Waals surface area contributed by atoms with Gasteiger partial charge in [-0.3, -0.25) is 4.98 Å². The molecule has 4 heteroatoms. The van der Waals surface area contributed by atoms with Gasteiger partial charge in [-0.2, -0.15) is 0 Å². The van der Waals surface area contributed by atoms with Crippen molar-refractivity contribution in [2.45, 2.75) is 19.3 Å². The van der Waals surface area contributed by atoms with Gasteiger partial charge in [0.1, 0.15) is 0 Å². The number of carbonyl (C=O) groups is 1. The monoisotopic (exact) mass is 271 g/mol. The van der Waals surface area contributed by atoms with E-state index in [2.05, 4.69) is 11.1 Å². The van der Waals surface area contributed by atoms with Crippen molar-refractivity contribution in [3.8, 4) is 0 Å². The van der Waals surface area contributed by atoms with Crippen LogP contribution in [-0.2, 0) is 11.2 Å². The molecule has 1 aliphatic heterocycles. The number of hydrogen-bond acceptors (Lipinski definition) is 3. The van der Waals surface area contributed by atoms with Crippen LogP contribution in [0.15, 0.2) is 30.5 Å². The van der Waals surface area contributed by atoms with Gasteiger partial charge >= 0.3 is 5.97 Å². The molecule has 0 saturated carbocycles. The number of ether oxygens (including phenoxy) is 1. The van der Waals surface area contributed by atoms with E-state index in [0.717, 1.165) is 43.4 Å². The fourth-order valence-corrected chi connectivity index (χ4v) is 2.79. The van der Waals surface area contributed by atoms with Gasteiger partial charge in [0, 0.05) is 24.8 Å². The largest absolute Gasteiger partial charge is 0.478 e. The number of rotatable bonds is 3. The smallest absolute Gasteiger partial charge is 0.336 e. The third-order valence-electron chi connectivity index (χ3n) is 3.90. The SMILES string of the molecule is O=C(O)c1ccnc2ccc(CC3CCOCC3)cc12. The zero-order valence-electron chi connectivity index (χ0n) is 11.2. The van der Waals surface area contributed by atoms with Crippen LogP contribution in [0.5, 0.6) is 0 Å². The Kier molecular flexibility index (Phi) is 3.65. The van der Waals surface area contributed by atoms with E-state index >= 15 is 0 Å². The summed E-state index contributed by atoms with van der Waals surface area (Å²) in [4.78, 5) is 15.5.